The molecule has 0 amide bonds. The molecule has 0 aliphatic rings. The lowest BCUT2D eigenvalue weighted by atomic mass is 10.3. The third-order valence-corrected chi connectivity index (χ3v) is 4.19. The molecule has 0 aliphatic carbocycles. The monoisotopic (exact) mass is 245 g/mol. The molecular weight excluding hydrogens is 238 g/mol. The number of thiazole rings is 1. The van der Waals surface area contributed by atoms with Crippen LogP contribution >= 0.6 is 34.3 Å². The molecule has 2 rings (SSSR count). The third kappa shape index (κ3) is 1.83. The maximum Gasteiger partial charge on any atom is 0.141 e. The smallest absolute Gasteiger partial charge is 0.141 e. The first kappa shape index (κ1) is 10.1. The highest BCUT2D eigenvalue weighted by atomic mass is 35.5. The predicted molar refractivity (Wildman–Crippen MR) is 60.2 cm³/mol. The van der Waals surface area contributed by atoms with Crippen LogP contribution in [0.25, 0.3) is 0 Å². The first-order chi connectivity index (χ1) is 6.68. The fraction of sp³-hybridized carbons (Fsp3) is 0.222. The molecule has 0 saturated heterocycles. The molecule has 1 N–H and O–H groups in total. The highest BCUT2D eigenvalue weighted by molar-refractivity contribution is 7.11. The summed E-state index contributed by atoms with van der Waals surface area (Å²) in [6.45, 7) is 1.91. The summed E-state index contributed by atoms with van der Waals surface area (Å²) in [5.41, 5.74) is 0.928. The average molecular weight is 246 g/mol. The summed E-state index contributed by atoms with van der Waals surface area (Å²) in [6, 6.07) is 1.78. The van der Waals surface area contributed by atoms with Crippen LogP contribution in [0.3, 0.4) is 0 Å². The summed E-state index contributed by atoms with van der Waals surface area (Å²) < 4.78 is 0. The minimum atomic E-state index is -0.679. The van der Waals surface area contributed by atoms with Crippen LogP contribution in [-0.4, -0.2) is 10.1 Å². The molecule has 1 atom stereocenters. The van der Waals surface area contributed by atoms with Gasteiger partial charge in [0.2, 0.25) is 0 Å². The SMILES string of the molecule is Cc1csc(C(O)c2sccc2Cl)n1. The lowest BCUT2D eigenvalue weighted by Gasteiger charge is -2.04. The Morgan fingerprint density at radius 2 is 2.29 bits per heavy atom. The molecule has 0 radical (unpaired) electrons. The number of nitrogens with zero attached hydrogens (tertiary/aromatic N) is 1. The predicted octanol–water partition coefficient (Wildman–Crippen LogP) is 3.25. The van der Waals surface area contributed by atoms with Crippen LogP contribution in [-0.2, 0) is 0 Å². The fourth-order valence-corrected chi connectivity index (χ4v) is 3.12. The Bertz CT molecular complexity index is 437. The average Bonchev–Trinajstić information content (AvgIpc) is 2.73. The molecule has 0 spiro atoms. The lowest BCUT2D eigenvalue weighted by Crippen LogP contribution is -1.96. The van der Waals surface area contributed by atoms with Gasteiger partial charge >= 0.3 is 0 Å². The van der Waals surface area contributed by atoms with Gasteiger partial charge in [-0.2, -0.15) is 0 Å². The van der Waals surface area contributed by atoms with E-state index in [0.29, 0.717) is 10.0 Å². The normalized spacial score (nSPS) is 13.1. The van der Waals surface area contributed by atoms with Crippen molar-refractivity contribution in [3.05, 3.63) is 37.4 Å². The molecule has 1 unspecified atom stereocenters. The molecule has 2 aromatic rings. The fourth-order valence-electron chi connectivity index (χ4n) is 1.11. The number of aliphatic hydroxyl groups is 1. The van der Waals surface area contributed by atoms with E-state index in [2.05, 4.69) is 4.98 Å². The van der Waals surface area contributed by atoms with Crippen LogP contribution in [0.15, 0.2) is 16.8 Å². The summed E-state index contributed by atoms with van der Waals surface area (Å²) in [4.78, 5) is 4.99. The van der Waals surface area contributed by atoms with Gasteiger partial charge in [-0.05, 0) is 18.4 Å². The van der Waals surface area contributed by atoms with Crippen molar-refractivity contribution in [3.63, 3.8) is 0 Å². The van der Waals surface area contributed by atoms with E-state index >= 15 is 0 Å². The topological polar surface area (TPSA) is 33.1 Å². The van der Waals surface area contributed by atoms with Gasteiger partial charge in [0.15, 0.2) is 0 Å². The van der Waals surface area contributed by atoms with Gasteiger partial charge in [0, 0.05) is 11.1 Å². The Kier molecular flexibility index (Phi) is 2.88. The van der Waals surface area contributed by atoms with Crippen molar-refractivity contribution < 1.29 is 5.11 Å². The Morgan fingerprint density at radius 1 is 1.50 bits per heavy atom. The lowest BCUT2D eigenvalue weighted by molar-refractivity contribution is 0.223. The number of aromatic nitrogens is 1. The summed E-state index contributed by atoms with van der Waals surface area (Å²) in [5, 5.41) is 15.0. The van der Waals surface area contributed by atoms with E-state index in [0.717, 1.165) is 10.6 Å². The molecule has 2 nitrogen and oxygen atoms in total. The van der Waals surface area contributed by atoms with E-state index in [1.54, 1.807) is 6.07 Å². The molecule has 14 heavy (non-hydrogen) atoms. The van der Waals surface area contributed by atoms with Gasteiger partial charge in [-0.25, -0.2) is 4.98 Å². The number of aryl methyl sites for hydroxylation is 1. The zero-order chi connectivity index (χ0) is 10.1. The van der Waals surface area contributed by atoms with Gasteiger partial charge < -0.3 is 5.11 Å². The largest absolute Gasteiger partial charge is 0.380 e. The summed E-state index contributed by atoms with van der Waals surface area (Å²) in [6.07, 6.45) is -0.679. The molecule has 0 saturated carbocycles. The third-order valence-electron chi connectivity index (χ3n) is 1.76. The van der Waals surface area contributed by atoms with Crippen molar-refractivity contribution in [3.8, 4) is 0 Å². The minimum absolute atomic E-state index is 0.607. The molecule has 2 heterocycles. The molecule has 0 bridgehead atoms. The van der Waals surface area contributed by atoms with Crippen LogP contribution in [0, 0.1) is 6.92 Å². The Morgan fingerprint density at radius 3 is 2.79 bits per heavy atom. The van der Waals surface area contributed by atoms with Gasteiger partial charge in [-0.15, -0.1) is 22.7 Å². The standard InChI is InChI=1S/C9H8ClNOS2/c1-5-4-14-9(11-5)7(12)8-6(10)2-3-13-8/h2-4,7,12H,1H3. The van der Waals surface area contributed by atoms with E-state index in [1.165, 1.54) is 22.7 Å². The minimum Gasteiger partial charge on any atom is -0.380 e. The summed E-state index contributed by atoms with van der Waals surface area (Å²) in [7, 11) is 0. The summed E-state index contributed by atoms with van der Waals surface area (Å²) >= 11 is 8.82. The number of aliphatic hydroxyl groups excluding tert-OH is 1. The van der Waals surface area contributed by atoms with Gasteiger partial charge in [0.05, 0.1) is 9.90 Å². The van der Waals surface area contributed by atoms with Crippen LogP contribution in [0.2, 0.25) is 5.02 Å². The molecule has 2 aromatic heterocycles. The number of hydrogen-bond donors (Lipinski definition) is 1. The van der Waals surface area contributed by atoms with Crippen LogP contribution < -0.4 is 0 Å². The second-order valence-electron chi connectivity index (χ2n) is 2.86. The van der Waals surface area contributed by atoms with Gasteiger partial charge in [0.1, 0.15) is 11.1 Å². The Labute approximate surface area is 94.8 Å². The molecule has 0 aliphatic heterocycles. The zero-order valence-corrected chi connectivity index (χ0v) is 9.79. The highest BCUT2D eigenvalue weighted by Gasteiger charge is 2.17. The van der Waals surface area contributed by atoms with Crippen molar-refractivity contribution in [2.45, 2.75) is 13.0 Å². The first-order valence-electron chi connectivity index (χ1n) is 4.01. The van der Waals surface area contributed by atoms with Crippen molar-refractivity contribution >= 4 is 34.3 Å². The quantitative estimate of drug-likeness (QED) is 0.881. The second-order valence-corrected chi connectivity index (χ2v) is 5.11. The Hall–Kier alpha value is -0.420. The van der Waals surface area contributed by atoms with E-state index in [-0.39, 0.29) is 0 Å². The highest BCUT2D eigenvalue weighted by Crippen LogP contribution is 2.33. The maximum atomic E-state index is 9.95. The molecule has 5 heteroatoms. The number of rotatable bonds is 2. The van der Waals surface area contributed by atoms with Gasteiger partial charge in [-0.1, -0.05) is 11.6 Å². The second kappa shape index (κ2) is 3.98. The zero-order valence-electron chi connectivity index (χ0n) is 7.40. The number of hydrogen-bond acceptors (Lipinski definition) is 4. The summed E-state index contributed by atoms with van der Waals surface area (Å²) in [5.74, 6) is 0. The van der Waals surface area contributed by atoms with Gasteiger partial charge in [0.25, 0.3) is 0 Å². The first-order valence-corrected chi connectivity index (χ1v) is 6.15. The molecule has 0 aromatic carbocycles. The van der Waals surface area contributed by atoms with Gasteiger partial charge in [-0.3, -0.25) is 0 Å². The molecule has 74 valence electrons. The van der Waals surface area contributed by atoms with Crippen LogP contribution in [0.4, 0.5) is 0 Å². The van der Waals surface area contributed by atoms with E-state index in [9.17, 15) is 5.11 Å². The van der Waals surface area contributed by atoms with Crippen molar-refractivity contribution in [1.82, 2.24) is 4.98 Å². The molecule has 0 fully saturated rings. The van der Waals surface area contributed by atoms with E-state index in [1.807, 2.05) is 17.7 Å². The maximum absolute atomic E-state index is 9.95. The van der Waals surface area contributed by atoms with Crippen LogP contribution in [0.1, 0.15) is 21.7 Å². The number of thiophene rings is 1. The van der Waals surface area contributed by atoms with Crippen molar-refractivity contribution in [1.29, 1.82) is 0 Å². The Balaban J connectivity index is 2.33. The van der Waals surface area contributed by atoms with Crippen molar-refractivity contribution in [2.75, 3.05) is 0 Å². The molecular formula is C9H8ClNOS2. The van der Waals surface area contributed by atoms with Crippen LogP contribution in [0.5, 0.6) is 0 Å². The van der Waals surface area contributed by atoms with E-state index in [4.69, 9.17) is 11.6 Å². The van der Waals surface area contributed by atoms with E-state index < -0.39 is 6.10 Å². The number of halogens is 1. The van der Waals surface area contributed by atoms with Crippen molar-refractivity contribution in [2.24, 2.45) is 0 Å².